The summed E-state index contributed by atoms with van der Waals surface area (Å²) in [6, 6.07) is 10.0. The number of nitrogens with one attached hydrogen (secondary N) is 1. The first kappa shape index (κ1) is 17.8. The van der Waals surface area contributed by atoms with Crippen LogP contribution >= 0.6 is 0 Å². The highest BCUT2D eigenvalue weighted by molar-refractivity contribution is 5.69. The number of aryl methyl sites for hydroxylation is 1. The molecule has 2 aliphatic rings. The zero-order chi connectivity index (χ0) is 20.0. The number of aromatic nitrogens is 4. The number of anilines is 3. The van der Waals surface area contributed by atoms with Crippen molar-refractivity contribution in [1.82, 2.24) is 19.9 Å². The molecule has 0 spiro atoms. The van der Waals surface area contributed by atoms with E-state index in [0.29, 0.717) is 11.6 Å². The van der Waals surface area contributed by atoms with Gasteiger partial charge in [0, 0.05) is 42.6 Å². The third-order valence-corrected chi connectivity index (χ3v) is 5.80. The van der Waals surface area contributed by atoms with Gasteiger partial charge in [0.1, 0.15) is 0 Å². The number of nitrogens with zero attached hydrogens (tertiary/aromatic N) is 5. The topological polar surface area (TPSA) is 78.0 Å². The number of H-pyrrole nitrogens is 1. The lowest BCUT2D eigenvalue weighted by atomic mass is 10.1. The van der Waals surface area contributed by atoms with Gasteiger partial charge in [0.15, 0.2) is 0 Å². The van der Waals surface area contributed by atoms with Crippen molar-refractivity contribution in [3.63, 3.8) is 0 Å². The predicted molar refractivity (Wildman–Crippen MR) is 114 cm³/mol. The molecule has 1 atom stereocenters. The normalized spacial score (nSPS) is 18.3. The molecule has 1 aromatic carbocycles. The van der Waals surface area contributed by atoms with Gasteiger partial charge >= 0.3 is 0 Å². The molecule has 1 saturated heterocycles. The Morgan fingerprint density at radius 2 is 1.93 bits per heavy atom. The van der Waals surface area contributed by atoms with Crippen LogP contribution in [0.15, 0.2) is 41.3 Å². The Bertz CT molecular complexity index is 1120. The van der Waals surface area contributed by atoms with E-state index in [4.69, 9.17) is 4.98 Å². The summed E-state index contributed by atoms with van der Waals surface area (Å²) in [4.78, 5) is 33.7. The lowest BCUT2D eigenvalue weighted by molar-refractivity contribution is 0.738. The highest BCUT2D eigenvalue weighted by atomic mass is 16.1. The third-order valence-electron chi connectivity index (χ3n) is 5.80. The number of benzene rings is 1. The molecule has 0 unspecified atom stereocenters. The van der Waals surface area contributed by atoms with E-state index in [1.165, 1.54) is 24.5 Å². The summed E-state index contributed by atoms with van der Waals surface area (Å²) in [6.07, 6.45) is 5.08. The second kappa shape index (κ2) is 6.99. The summed E-state index contributed by atoms with van der Waals surface area (Å²) in [6.45, 7) is 6.09. The summed E-state index contributed by atoms with van der Waals surface area (Å²) < 4.78 is 0. The summed E-state index contributed by atoms with van der Waals surface area (Å²) >= 11 is 0. The number of fused-ring (bicyclic) bond motifs is 1. The minimum absolute atomic E-state index is 0.176. The summed E-state index contributed by atoms with van der Waals surface area (Å²) in [7, 11) is 0. The number of hydrogen-bond donors (Lipinski definition) is 1. The van der Waals surface area contributed by atoms with Crippen LogP contribution in [-0.4, -0.2) is 39.1 Å². The molecule has 0 saturated carbocycles. The van der Waals surface area contributed by atoms with Gasteiger partial charge in [0.25, 0.3) is 5.56 Å². The maximum Gasteiger partial charge on any atom is 0.252 e. The van der Waals surface area contributed by atoms with E-state index in [-0.39, 0.29) is 11.6 Å². The van der Waals surface area contributed by atoms with E-state index >= 15 is 0 Å². The fourth-order valence-electron chi connectivity index (χ4n) is 4.36. The Labute approximate surface area is 169 Å². The van der Waals surface area contributed by atoms with Gasteiger partial charge in [-0.15, -0.1) is 0 Å². The van der Waals surface area contributed by atoms with Crippen LogP contribution in [-0.2, 0) is 6.42 Å². The number of para-hydroxylation sites is 1. The molecule has 7 nitrogen and oxygen atoms in total. The first-order valence-corrected chi connectivity index (χ1v) is 10.2. The molecule has 2 aliphatic heterocycles. The molecule has 29 heavy (non-hydrogen) atoms. The van der Waals surface area contributed by atoms with Crippen molar-refractivity contribution in [3.8, 4) is 11.3 Å². The van der Waals surface area contributed by atoms with Crippen molar-refractivity contribution < 1.29 is 0 Å². The Hall–Kier alpha value is -3.22. The Kier molecular flexibility index (Phi) is 4.30. The molecule has 148 valence electrons. The monoisotopic (exact) mass is 388 g/mol. The van der Waals surface area contributed by atoms with Crippen LogP contribution < -0.4 is 15.4 Å². The first-order valence-electron chi connectivity index (χ1n) is 10.2. The maximum atomic E-state index is 12.5. The van der Waals surface area contributed by atoms with Gasteiger partial charge in [-0.1, -0.05) is 18.2 Å². The van der Waals surface area contributed by atoms with E-state index in [0.717, 1.165) is 42.4 Å². The molecule has 0 amide bonds. The average Bonchev–Trinajstić information content (AvgIpc) is 3.34. The van der Waals surface area contributed by atoms with E-state index in [1.54, 1.807) is 6.20 Å². The van der Waals surface area contributed by atoms with E-state index < -0.39 is 0 Å². The van der Waals surface area contributed by atoms with Crippen molar-refractivity contribution in [1.29, 1.82) is 0 Å². The molecule has 2 aromatic heterocycles. The van der Waals surface area contributed by atoms with E-state index in [9.17, 15) is 4.79 Å². The highest BCUT2D eigenvalue weighted by Gasteiger charge is 2.29. The van der Waals surface area contributed by atoms with Gasteiger partial charge in [0.2, 0.25) is 11.9 Å². The van der Waals surface area contributed by atoms with Gasteiger partial charge in [-0.25, -0.2) is 15.0 Å². The molecule has 1 N–H and O–H groups in total. The van der Waals surface area contributed by atoms with Crippen molar-refractivity contribution in [2.45, 2.75) is 39.2 Å². The molecule has 7 heteroatoms. The second-order valence-corrected chi connectivity index (χ2v) is 7.87. The Morgan fingerprint density at radius 3 is 2.72 bits per heavy atom. The summed E-state index contributed by atoms with van der Waals surface area (Å²) in [5.41, 5.74) is 4.41. The van der Waals surface area contributed by atoms with Crippen molar-refractivity contribution in [3.05, 3.63) is 58.1 Å². The Balaban J connectivity index is 1.55. The largest absolute Gasteiger partial charge is 0.341 e. The van der Waals surface area contributed by atoms with Gasteiger partial charge in [0.05, 0.1) is 11.4 Å². The highest BCUT2D eigenvalue weighted by Crippen LogP contribution is 2.36. The van der Waals surface area contributed by atoms with E-state index in [2.05, 4.69) is 43.8 Å². The maximum absolute atomic E-state index is 12.5. The predicted octanol–water partition coefficient (Wildman–Crippen LogP) is 3.22. The number of hydrogen-bond acceptors (Lipinski definition) is 6. The average molecular weight is 388 g/mol. The molecule has 1 fully saturated rings. The molecule has 0 bridgehead atoms. The number of rotatable bonds is 3. The Morgan fingerprint density at radius 1 is 1.14 bits per heavy atom. The minimum Gasteiger partial charge on any atom is -0.341 e. The molecule has 4 heterocycles. The van der Waals surface area contributed by atoms with E-state index in [1.807, 2.05) is 19.1 Å². The van der Waals surface area contributed by atoms with Crippen molar-refractivity contribution in [2.24, 2.45) is 0 Å². The van der Waals surface area contributed by atoms with Gasteiger partial charge in [-0.2, -0.15) is 0 Å². The SMILES string of the molecule is Cc1nc(N2CCCC2)ncc1-c1cc(=O)[nH]c(N2c3ccccc3C[C@@H]2C)n1. The van der Waals surface area contributed by atoms with Crippen LogP contribution in [0.5, 0.6) is 0 Å². The van der Waals surface area contributed by atoms with Gasteiger partial charge < -0.3 is 9.80 Å². The molecule has 0 radical (unpaired) electrons. The molecule has 0 aliphatic carbocycles. The molecular formula is C22H24N6O. The standard InChI is InChI=1S/C22H24N6O/c1-14-11-16-7-3-4-8-19(16)28(14)22-25-18(12-20(29)26-22)17-13-23-21(24-15(17)2)27-9-5-6-10-27/h3-4,7-8,12-14H,5-6,9-11H2,1-2H3,(H,25,26,29)/t14-/m0/s1. The quantitative estimate of drug-likeness (QED) is 0.742. The van der Waals surface area contributed by atoms with Crippen molar-refractivity contribution in [2.75, 3.05) is 22.9 Å². The second-order valence-electron chi connectivity index (χ2n) is 7.87. The fourth-order valence-corrected chi connectivity index (χ4v) is 4.36. The molecule has 5 rings (SSSR count). The zero-order valence-electron chi connectivity index (χ0n) is 16.7. The van der Waals surface area contributed by atoms with Crippen LogP contribution in [0, 0.1) is 6.92 Å². The third kappa shape index (κ3) is 3.16. The smallest absolute Gasteiger partial charge is 0.252 e. The molecule has 3 aromatic rings. The minimum atomic E-state index is -0.176. The van der Waals surface area contributed by atoms with Gasteiger partial charge in [-0.05, 0) is 44.7 Å². The number of aromatic amines is 1. The van der Waals surface area contributed by atoms with Crippen LogP contribution in [0.3, 0.4) is 0 Å². The zero-order valence-corrected chi connectivity index (χ0v) is 16.7. The first-order chi connectivity index (χ1) is 14.1. The lowest BCUT2D eigenvalue weighted by Gasteiger charge is -2.23. The van der Waals surface area contributed by atoms with Gasteiger partial charge in [-0.3, -0.25) is 9.78 Å². The van der Waals surface area contributed by atoms with Crippen molar-refractivity contribution >= 4 is 17.6 Å². The van der Waals surface area contributed by atoms with Crippen LogP contribution in [0.1, 0.15) is 31.0 Å². The van der Waals surface area contributed by atoms with Crippen LogP contribution in [0.25, 0.3) is 11.3 Å². The van der Waals surface area contributed by atoms with Crippen LogP contribution in [0.4, 0.5) is 17.6 Å². The summed E-state index contributed by atoms with van der Waals surface area (Å²) in [5, 5.41) is 0. The fraction of sp³-hybridized carbons (Fsp3) is 0.364. The van der Waals surface area contributed by atoms with Crippen LogP contribution in [0.2, 0.25) is 0 Å². The lowest BCUT2D eigenvalue weighted by Crippen LogP contribution is -2.28. The molecular weight excluding hydrogens is 364 g/mol. The summed E-state index contributed by atoms with van der Waals surface area (Å²) in [5.74, 6) is 1.32.